The average molecular weight is 228 g/mol. The van der Waals surface area contributed by atoms with Crippen molar-refractivity contribution in [3.05, 3.63) is 59.4 Å². The van der Waals surface area contributed by atoms with Gasteiger partial charge in [0, 0.05) is 19.8 Å². The molecule has 3 nitrogen and oxygen atoms in total. The standard InChI is InChI=1S/C14H16N2O/c1-11-5-7-12(8-6-11)10-15-14(17)13-4-3-9-16(13)2/h3-9H,10H2,1-2H3,(H,15,17). The van der Waals surface area contributed by atoms with E-state index in [4.69, 9.17) is 0 Å². The first kappa shape index (κ1) is 11.5. The molecule has 0 aliphatic carbocycles. The lowest BCUT2D eigenvalue weighted by molar-refractivity contribution is 0.0943. The van der Waals surface area contributed by atoms with E-state index in [1.54, 1.807) is 0 Å². The van der Waals surface area contributed by atoms with Crippen molar-refractivity contribution < 1.29 is 4.79 Å². The van der Waals surface area contributed by atoms with Crippen molar-refractivity contribution in [2.45, 2.75) is 13.5 Å². The molecule has 1 aromatic carbocycles. The number of carbonyl (C=O) groups excluding carboxylic acids is 1. The second-order valence-electron chi connectivity index (χ2n) is 4.17. The minimum atomic E-state index is -0.0434. The zero-order valence-electron chi connectivity index (χ0n) is 10.1. The molecule has 2 rings (SSSR count). The van der Waals surface area contributed by atoms with Crippen LogP contribution in [-0.2, 0) is 13.6 Å². The van der Waals surface area contributed by atoms with Crippen molar-refractivity contribution in [2.24, 2.45) is 7.05 Å². The maximum absolute atomic E-state index is 11.8. The van der Waals surface area contributed by atoms with Gasteiger partial charge in [-0.15, -0.1) is 0 Å². The first-order valence-corrected chi connectivity index (χ1v) is 5.62. The van der Waals surface area contributed by atoms with Gasteiger partial charge >= 0.3 is 0 Å². The fraction of sp³-hybridized carbons (Fsp3) is 0.214. The smallest absolute Gasteiger partial charge is 0.268 e. The Morgan fingerprint density at radius 3 is 2.53 bits per heavy atom. The van der Waals surface area contributed by atoms with E-state index in [1.807, 2.05) is 61.1 Å². The Hall–Kier alpha value is -2.03. The van der Waals surface area contributed by atoms with Gasteiger partial charge in [0.2, 0.25) is 0 Å². The molecule has 0 bridgehead atoms. The summed E-state index contributed by atoms with van der Waals surface area (Å²) in [6.45, 7) is 2.61. The number of aryl methyl sites for hydroxylation is 2. The SMILES string of the molecule is Cc1ccc(CNC(=O)c2cccn2C)cc1. The summed E-state index contributed by atoms with van der Waals surface area (Å²) in [6, 6.07) is 11.8. The van der Waals surface area contributed by atoms with Crippen LogP contribution in [-0.4, -0.2) is 10.5 Å². The lowest BCUT2D eigenvalue weighted by Gasteiger charge is -2.06. The van der Waals surface area contributed by atoms with Gasteiger partial charge in [0.05, 0.1) is 0 Å². The Kier molecular flexibility index (Phi) is 3.28. The summed E-state index contributed by atoms with van der Waals surface area (Å²) in [7, 11) is 1.86. The summed E-state index contributed by atoms with van der Waals surface area (Å²) in [6.07, 6.45) is 1.86. The molecule has 1 heterocycles. The van der Waals surface area contributed by atoms with Gasteiger partial charge in [-0.3, -0.25) is 4.79 Å². The second kappa shape index (κ2) is 4.87. The van der Waals surface area contributed by atoms with E-state index in [0.717, 1.165) is 5.56 Å². The molecule has 3 heteroatoms. The van der Waals surface area contributed by atoms with Gasteiger partial charge in [-0.1, -0.05) is 29.8 Å². The summed E-state index contributed by atoms with van der Waals surface area (Å²) in [5.74, 6) is -0.0434. The molecule has 1 N–H and O–H groups in total. The third kappa shape index (κ3) is 2.75. The third-order valence-electron chi connectivity index (χ3n) is 2.75. The summed E-state index contributed by atoms with van der Waals surface area (Å²) < 4.78 is 1.81. The van der Waals surface area contributed by atoms with Gasteiger partial charge in [-0.25, -0.2) is 0 Å². The largest absolute Gasteiger partial charge is 0.347 e. The molecule has 1 amide bonds. The van der Waals surface area contributed by atoms with Gasteiger partial charge in [0.25, 0.3) is 5.91 Å². The number of nitrogens with one attached hydrogen (secondary N) is 1. The molecule has 0 aliphatic rings. The molecule has 0 aliphatic heterocycles. The number of aromatic nitrogens is 1. The zero-order valence-corrected chi connectivity index (χ0v) is 10.1. The van der Waals surface area contributed by atoms with Crippen LogP contribution in [0.2, 0.25) is 0 Å². The zero-order chi connectivity index (χ0) is 12.3. The van der Waals surface area contributed by atoms with Gasteiger partial charge < -0.3 is 9.88 Å². The number of amides is 1. The van der Waals surface area contributed by atoms with E-state index in [1.165, 1.54) is 5.56 Å². The van der Waals surface area contributed by atoms with Crippen molar-refractivity contribution in [1.29, 1.82) is 0 Å². The van der Waals surface area contributed by atoms with Crippen LogP contribution in [0.4, 0.5) is 0 Å². The highest BCUT2D eigenvalue weighted by Gasteiger charge is 2.07. The van der Waals surface area contributed by atoms with Crippen molar-refractivity contribution in [1.82, 2.24) is 9.88 Å². The van der Waals surface area contributed by atoms with Crippen molar-refractivity contribution in [3.8, 4) is 0 Å². The number of carbonyl (C=O) groups is 1. The molecule has 2 aromatic rings. The second-order valence-corrected chi connectivity index (χ2v) is 4.17. The van der Waals surface area contributed by atoms with E-state index in [9.17, 15) is 4.79 Å². The normalized spacial score (nSPS) is 10.2. The van der Waals surface area contributed by atoms with Crippen LogP contribution >= 0.6 is 0 Å². The molecule has 17 heavy (non-hydrogen) atoms. The minimum Gasteiger partial charge on any atom is -0.347 e. The van der Waals surface area contributed by atoms with E-state index >= 15 is 0 Å². The van der Waals surface area contributed by atoms with Crippen LogP contribution in [0.15, 0.2) is 42.6 Å². The molecule has 0 fully saturated rings. The van der Waals surface area contributed by atoms with Crippen molar-refractivity contribution in [3.63, 3.8) is 0 Å². The summed E-state index contributed by atoms with van der Waals surface area (Å²) in [4.78, 5) is 11.8. The van der Waals surface area contributed by atoms with Gasteiger partial charge in [-0.05, 0) is 24.6 Å². The first-order chi connectivity index (χ1) is 8.16. The molecule has 0 saturated carbocycles. The molecular formula is C14H16N2O. The molecule has 0 atom stereocenters. The highest BCUT2D eigenvalue weighted by molar-refractivity contribution is 5.92. The predicted molar refractivity (Wildman–Crippen MR) is 67.8 cm³/mol. The Bertz CT molecular complexity index is 511. The fourth-order valence-electron chi connectivity index (χ4n) is 1.68. The van der Waals surface area contributed by atoms with Crippen LogP contribution in [0.25, 0.3) is 0 Å². The van der Waals surface area contributed by atoms with Crippen molar-refractivity contribution >= 4 is 5.91 Å². The number of nitrogens with zero attached hydrogens (tertiary/aromatic N) is 1. The van der Waals surface area contributed by atoms with Crippen molar-refractivity contribution in [2.75, 3.05) is 0 Å². The van der Waals surface area contributed by atoms with Crippen LogP contribution in [0.1, 0.15) is 21.6 Å². The molecule has 0 saturated heterocycles. The first-order valence-electron chi connectivity index (χ1n) is 5.62. The number of benzene rings is 1. The highest BCUT2D eigenvalue weighted by atomic mass is 16.1. The number of rotatable bonds is 3. The predicted octanol–water partition coefficient (Wildman–Crippen LogP) is 2.26. The summed E-state index contributed by atoms with van der Waals surface area (Å²) >= 11 is 0. The molecule has 88 valence electrons. The minimum absolute atomic E-state index is 0.0434. The van der Waals surface area contributed by atoms with Gasteiger partial charge in [-0.2, -0.15) is 0 Å². The lowest BCUT2D eigenvalue weighted by atomic mass is 10.1. The maximum atomic E-state index is 11.8. The monoisotopic (exact) mass is 228 g/mol. The Balaban J connectivity index is 1.97. The van der Waals surface area contributed by atoms with E-state index in [0.29, 0.717) is 12.2 Å². The molecular weight excluding hydrogens is 212 g/mol. The number of hydrogen-bond acceptors (Lipinski definition) is 1. The Labute approximate surface area is 101 Å². The highest BCUT2D eigenvalue weighted by Crippen LogP contribution is 2.04. The molecule has 0 spiro atoms. The van der Waals surface area contributed by atoms with Crippen LogP contribution < -0.4 is 5.32 Å². The van der Waals surface area contributed by atoms with E-state index in [2.05, 4.69) is 5.32 Å². The van der Waals surface area contributed by atoms with Gasteiger partial charge in [0.1, 0.15) is 5.69 Å². The van der Waals surface area contributed by atoms with Gasteiger partial charge in [0.15, 0.2) is 0 Å². The van der Waals surface area contributed by atoms with E-state index < -0.39 is 0 Å². The van der Waals surface area contributed by atoms with Crippen LogP contribution in [0, 0.1) is 6.92 Å². The van der Waals surface area contributed by atoms with E-state index in [-0.39, 0.29) is 5.91 Å². The molecule has 1 aromatic heterocycles. The topological polar surface area (TPSA) is 34.0 Å². The quantitative estimate of drug-likeness (QED) is 0.859. The molecule has 0 unspecified atom stereocenters. The fourth-order valence-corrected chi connectivity index (χ4v) is 1.68. The summed E-state index contributed by atoms with van der Waals surface area (Å²) in [5, 5.41) is 2.90. The summed E-state index contributed by atoms with van der Waals surface area (Å²) in [5.41, 5.74) is 3.01. The average Bonchev–Trinajstić information content (AvgIpc) is 2.74. The lowest BCUT2D eigenvalue weighted by Crippen LogP contribution is -2.24. The molecule has 0 radical (unpaired) electrons. The third-order valence-corrected chi connectivity index (χ3v) is 2.75. The maximum Gasteiger partial charge on any atom is 0.268 e. The van der Waals surface area contributed by atoms with Crippen LogP contribution in [0.5, 0.6) is 0 Å². The van der Waals surface area contributed by atoms with Crippen LogP contribution in [0.3, 0.4) is 0 Å². The Morgan fingerprint density at radius 2 is 1.94 bits per heavy atom. The number of hydrogen-bond donors (Lipinski definition) is 1. The Morgan fingerprint density at radius 1 is 1.24 bits per heavy atom.